The predicted molar refractivity (Wildman–Crippen MR) is 118 cm³/mol. The Hall–Kier alpha value is -3.40. The summed E-state index contributed by atoms with van der Waals surface area (Å²) in [5, 5.41) is 9.73. The SMILES string of the molecule is CNC(=O)CCCCC[C@@H]1NC(=O)c2cnc(s2)-n2[nH]c3ccc(cc32)-c2cnc1[nH]2. The summed E-state index contributed by atoms with van der Waals surface area (Å²) >= 11 is 1.35. The Balaban J connectivity index is 1.42. The fourth-order valence-electron chi connectivity index (χ4n) is 3.83. The van der Waals surface area contributed by atoms with Gasteiger partial charge in [-0.15, -0.1) is 0 Å². The maximum atomic E-state index is 12.9. The van der Waals surface area contributed by atoms with Crippen LogP contribution in [0.1, 0.15) is 53.6 Å². The number of fused-ring (bicyclic) bond motifs is 7. The third kappa shape index (κ3) is 3.74. The molecule has 1 aliphatic rings. The number of thiazole rings is 1. The third-order valence-electron chi connectivity index (χ3n) is 5.60. The molecule has 5 rings (SSSR count). The lowest BCUT2D eigenvalue weighted by atomic mass is 10.1. The Morgan fingerprint density at radius 2 is 2.13 bits per heavy atom. The maximum Gasteiger partial charge on any atom is 0.263 e. The van der Waals surface area contributed by atoms with Crippen LogP contribution in [-0.4, -0.2) is 43.6 Å². The van der Waals surface area contributed by atoms with Crippen molar-refractivity contribution in [2.45, 2.75) is 38.1 Å². The van der Waals surface area contributed by atoms with E-state index in [9.17, 15) is 9.59 Å². The van der Waals surface area contributed by atoms with E-state index in [1.807, 2.05) is 23.0 Å². The van der Waals surface area contributed by atoms with Gasteiger partial charge >= 0.3 is 0 Å². The Morgan fingerprint density at radius 3 is 3.00 bits per heavy atom. The summed E-state index contributed by atoms with van der Waals surface area (Å²) in [6.45, 7) is 0. The van der Waals surface area contributed by atoms with Gasteiger partial charge in [-0.25, -0.2) is 14.6 Å². The molecular formula is C21H23N7O2S. The van der Waals surface area contributed by atoms with Crippen LogP contribution in [-0.2, 0) is 4.79 Å². The van der Waals surface area contributed by atoms with Crippen LogP contribution in [0.2, 0.25) is 0 Å². The van der Waals surface area contributed by atoms with Crippen molar-refractivity contribution >= 4 is 34.2 Å². The van der Waals surface area contributed by atoms with Crippen LogP contribution in [0.25, 0.3) is 27.4 Å². The van der Waals surface area contributed by atoms with E-state index >= 15 is 0 Å². The van der Waals surface area contributed by atoms with E-state index in [0.29, 0.717) is 11.3 Å². The number of carbonyl (C=O) groups is 2. The molecule has 0 unspecified atom stereocenters. The van der Waals surface area contributed by atoms with Crippen LogP contribution in [0.5, 0.6) is 0 Å². The number of aromatic nitrogens is 5. The van der Waals surface area contributed by atoms with E-state index < -0.39 is 0 Å². The number of hydrogen-bond donors (Lipinski definition) is 4. The van der Waals surface area contributed by atoms with Crippen LogP contribution < -0.4 is 10.6 Å². The van der Waals surface area contributed by atoms with Gasteiger partial charge in [0.1, 0.15) is 10.7 Å². The molecule has 0 spiro atoms. The van der Waals surface area contributed by atoms with E-state index in [1.54, 1.807) is 13.2 Å². The first-order valence-electron chi connectivity index (χ1n) is 10.4. The minimum atomic E-state index is -0.245. The molecule has 10 heteroatoms. The van der Waals surface area contributed by atoms with Gasteiger partial charge in [-0.1, -0.05) is 30.2 Å². The average Bonchev–Trinajstić information content (AvgIpc) is 3.43. The summed E-state index contributed by atoms with van der Waals surface area (Å²) in [5.41, 5.74) is 3.97. The number of rotatable bonds is 6. The average molecular weight is 438 g/mol. The number of carbonyl (C=O) groups excluding carboxylic acids is 2. The van der Waals surface area contributed by atoms with E-state index in [2.05, 4.69) is 36.8 Å². The summed E-state index contributed by atoms with van der Waals surface area (Å²) in [7, 11) is 1.65. The first-order chi connectivity index (χ1) is 15.1. The second-order valence-corrected chi connectivity index (χ2v) is 8.68. The molecule has 1 aliphatic heterocycles. The topological polar surface area (TPSA) is 120 Å². The number of aromatic amines is 2. The van der Waals surface area contributed by atoms with Crippen molar-refractivity contribution in [3.05, 3.63) is 41.3 Å². The van der Waals surface area contributed by atoms with Crippen LogP contribution >= 0.6 is 11.3 Å². The normalized spacial score (nSPS) is 15.4. The van der Waals surface area contributed by atoms with Crippen LogP contribution in [0.15, 0.2) is 30.6 Å². The number of hydrogen-bond acceptors (Lipinski definition) is 5. The van der Waals surface area contributed by atoms with Crippen LogP contribution in [0.3, 0.4) is 0 Å². The van der Waals surface area contributed by atoms with Gasteiger partial charge in [-0.2, -0.15) is 0 Å². The molecule has 2 amide bonds. The number of amides is 2. The molecule has 1 atom stereocenters. The molecule has 4 heterocycles. The van der Waals surface area contributed by atoms with Gasteiger partial charge in [0, 0.05) is 19.0 Å². The number of nitrogens with zero attached hydrogens (tertiary/aromatic N) is 3. The molecule has 0 saturated heterocycles. The quantitative estimate of drug-likeness (QED) is 0.346. The summed E-state index contributed by atoms with van der Waals surface area (Å²) in [5.74, 6) is 0.624. The second kappa shape index (κ2) is 8.03. The van der Waals surface area contributed by atoms with Gasteiger partial charge in [0.25, 0.3) is 5.91 Å². The Labute approximate surface area is 182 Å². The van der Waals surface area contributed by atoms with Gasteiger partial charge < -0.3 is 15.6 Å². The highest BCUT2D eigenvalue weighted by molar-refractivity contribution is 7.16. The van der Waals surface area contributed by atoms with Crippen molar-refractivity contribution in [3.8, 4) is 16.4 Å². The largest absolute Gasteiger partial charge is 0.359 e. The van der Waals surface area contributed by atoms with Crippen molar-refractivity contribution in [1.82, 2.24) is 35.4 Å². The van der Waals surface area contributed by atoms with Crippen molar-refractivity contribution in [2.75, 3.05) is 7.05 Å². The smallest absolute Gasteiger partial charge is 0.263 e. The van der Waals surface area contributed by atoms with Gasteiger partial charge in [0.15, 0.2) is 0 Å². The lowest BCUT2D eigenvalue weighted by Gasteiger charge is -2.16. The molecule has 0 radical (unpaired) electrons. The molecule has 31 heavy (non-hydrogen) atoms. The number of H-pyrrole nitrogens is 2. The molecule has 3 aromatic heterocycles. The van der Waals surface area contributed by atoms with E-state index in [0.717, 1.165) is 58.9 Å². The first kappa shape index (κ1) is 19.6. The standard InChI is InChI=1S/C21H23N7O2S/c1-22-18(29)6-4-2-3-5-14-19-23-10-15(25-19)12-7-8-13-16(9-12)28(27-13)21-24-11-17(31-21)20(30)26-14/h7-11,14,27H,2-6H2,1H3,(H,22,29)(H,23,25)(H,26,30)/t14-/m0/s1. The van der Waals surface area contributed by atoms with Gasteiger partial charge in [-0.05, 0) is 25.0 Å². The molecule has 9 nitrogen and oxygen atoms in total. The molecule has 0 aliphatic carbocycles. The third-order valence-corrected chi connectivity index (χ3v) is 6.58. The fraction of sp³-hybridized carbons (Fsp3) is 0.333. The highest BCUT2D eigenvalue weighted by atomic mass is 32.1. The Kier molecular flexibility index (Phi) is 5.06. The summed E-state index contributed by atoms with van der Waals surface area (Å²) < 4.78 is 1.89. The fourth-order valence-corrected chi connectivity index (χ4v) is 4.63. The zero-order chi connectivity index (χ0) is 21.4. The number of unbranched alkanes of at least 4 members (excludes halogenated alkanes) is 2. The van der Waals surface area contributed by atoms with E-state index in [-0.39, 0.29) is 17.9 Å². The number of benzene rings is 1. The molecular weight excluding hydrogens is 414 g/mol. The molecule has 6 bridgehead atoms. The van der Waals surface area contributed by atoms with Gasteiger partial charge in [-0.3, -0.25) is 14.7 Å². The van der Waals surface area contributed by atoms with Crippen molar-refractivity contribution in [3.63, 3.8) is 0 Å². The highest BCUT2D eigenvalue weighted by Crippen LogP contribution is 2.30. The Bertz CT molecular complexity index is 1250. The lowest BCUT2D eigenvalue weighted by molar-refractivity contribution is -0.120. The van der Waals surface area contributed by atoms with E-state index in [1.165, 1.54) is 11.3 Å². The monoisotopic (exact) mass is 437 g/mol. The molecule has 4 aromatic rings. The molecule has 160 valence electrons. The van der Waals surface area contributed by atoms with Crippen molar-refractivity contribution < 1.29 is 9.59 Å². The zero-order valence-electron chi connectivity index (χ0n) is 17.1. The number of nitrogens with one attached hydrogen (secondary N) is 4. The van der Waals surface area contributed by atoms with E-state index in [4.69, 9.17) is 0 Å². The van der Waals surface area contributed by atoms with Gasteiger partial charge in [0.05, 0.1) is 35.2 Å². The van der Waals surface area contributed by atoms with Gasteiger partial charge in [0.2, 0.25) is 11.0 Å². The minimum absolute atomic E-state index is 0.0540. The second-order valence-electron chi connectivity index (χ2n) is 7.67. The minimum Gasteiger partial charge on any atom is -0.359 e. The molecule has 0 saturated carbocycles. The molecule has 0 fully saturated rings. The zero-order valence-corrected chi connectivity index (χ0v) is 17.9. The highest BCUT2D eigenvalue weighted by Gasteiger charge is 2.22. The maximum absolute atomic E-state index is 12.9. The first-order valence-corrected chi connectivity index (χ1v) is 11.2. The Morgan fingerprint density at radius 1 is 1.23 bits per heavy atom. The van der Waals surface area contributed by atoms with Crippen molar-refractivity contribution in [2.24, 2.45) is 0 Å². The molecule has 4 N–H and O–H groups in total. The summed E-state index contributed by atoms with van der Waals surface area (Å²) in [4.78, 5) is 37.3. The number of imidazole rings is 1. The lowest BCUT2D eigenvalue weighted by Crippen LogP contribution is -2.28. The summed E-state index contributed by atoms with van der Waals surface area (Å²) in [6.07, 6.45) is 7.27. The van der Waals surface area contributed by atoms with Crippen molar-refractivity contribution in [1.29, 1.82) is 0 Å². The molecule has 1 aromatic carbocycles. The van der Waals surface area contributed by atoms with Crippen LogP contribution in [0, 0.1) is 0 Å². The summed E-state index contributed by atoms with van der Waals surface area (Å²) in [6, 6.07) is 5.92. The predicted octanol–water partition coefficient (Wildman–Crippen LogP) is 3.29. The van der Waals surface area contributed by atoms with Crippen LogP contribution in [0.4, 0.5) is 0 Å².